The van der Waals surface area contributed by atoms with Crippen molar-refractivity contribution in [2.75, 3.05) is 26.0 Å². The van der Waals surface area contributed by atoms with E-state index in [-0.39, 0.29) is 24.7 Å². The molecule has 1 aromatic carbocycles. The summed E-state index contributed by atoms with van der Waals surface area (Å²) in [5, 5.41) is 3.01. The number of carbonyl (C=O) groups excluding carboxylic acids is 1. The Kier molecular flexibility index (Phi) is 6.25. The summed E-state index contributed by atoms with van der Waals surface area (Å²) in [6.07, 6.45) is 0. The van der Waals surface area contributed by atoms with Gasteiger partial charge in [-0.3, -0.25) is 4.79 Å². The van der Waals surface area contributed by atoms with Crippen molar-refractivity contribution < 1.29 is 17.9 Å². The van der Waals surface area contributed by atoms with Crippen LogP contribution in [0.2, 0.25) is 5.02 Å². The Labute approximate surface area is 123 Å². The van der Waals surface area contributed by atoms with Crippen LogP contribution in [-0.4, -0.2) is 40.3 Å². The molecule has 6 nitrogen and oxygen atoms in total. The fraction of sp³-hybridized carbons (Fsp3) is 0.417. The third-order valence-electron chi connectivity index (χ3n) is 2.52. The Balaban J connectivity index is 2.57. The minimum absolute atomic E-state index is 0.00304. The predicted molar refractivity (Wildman–Crippen MR) is 77.8 cm³/mol. The first-order chi connectivity index (χ1) is 9.39. The number of carbonyl (C=O) groups is 1. The van der Waals surface area contributed by atoms with Crippen LogP contribution in [0.5, 0.6) is 5.75 Å². The average molecular weight is 321 g/mol. The maximum atomic E-state index is 11.9. The van der Waals surface area contributed by atoms with Crippen LogP contribution in [0, 0.1) is 0 Å². The van der Waals surface area contributed by atoms with E-state index in [1.807, 2.05) is 0 Å². The van der Waals surface area contributed by atoms with Crippen LogP contribution in [0.3, 0.4) is 0 Å². The van der Waals surface area contributed by atoms with E-state index >= 15 is 0 Å². The van der Waals surface area contributed by atoms with Gasteiger partial charge in [-0.2, -0.15) is 0 Å². The molecule has 0 unspecified atom stereocenters. The van der Waals surface area contributed by atoms with Crippen LogP contribution in [0.1, 0.15) is 17.3 Å². The van der Waals surface area contributed by atoms with E-state index < -0.39 is 10.0 Å². The lowest BCUT2D eigenvalue weighted by molar-refractivity contribution is 0.0951. The fourth-order valence-electron chi connectivity index (χ4n) is 1.44. The number of hydrogen-bond donors (Lipinski definition) is 2. The van der Waals surface area contributed by atoms with Gasteiger partial charge in [-0.1, -0.05) is 11.6 Å². The van der Waals surface area contributed by atoms with E-state index in [2.05, 4.69) is 10.0 Å². The summed E-state index contributed by atoms with van der Waals surface area (Å²) in [6, 6.07) is 4.70. The van der Waals surface area contributed by atoms with Crippen molar-refractivity contribution in [1.29, 1.82) is 0 Å². The summed E-state index contributed by atoms with van der Waals surface area (Å²) in [4.78, 5) is 11.9. The largest absolute Gasteiger partial charge is 0.496 e. The zero-order valence-electron chi connectivity index (χ0n) is 11.3. The van der Waals surface area contributed by atoms with Crippen molar-refractivity contribution in [2.45, 2.75) is 6.92 Å². The summed E-state index contributed by atoms with van der Waals surface area (Å²) < 4.78 is 29.8. The molecule has 0 radical (unpaired) electrons. The van der Waals surface area contributed by atoms with E-state index in [1.165, 1.54) is 20.1 Å². The zero-order chi connectivity index (χ0) is 15.2. The smallest absolute Gasteiger partial charge is 0.255 e. The lowest BCUT2D eigenvalue weighted by Crippen LogP contribution is -2.35. The molecule has 2 N–H and O–H groups in total. The Morgan fingerprint density at radius 1 is 1.35 bits per heavy atom. The molecule has 20 heavy (non-hydrogen) atoms. The predicted octanol–water partition coefficient (Wildman–Crippen LogP) is 1.02. The number of halogens is 1. The lowest BCUT2D eigenvalue weighted by Gasteiger charge is -2.10. The van der Waals surface area contributed by atoms with Crippen molar-refractivity contribution in [1.82, 2.24) is 10.0 Å². The summed E-state index contributed by atoms with van der Waals surface area (Å²) in [7, 11) is -1.79. The van der Waals surface area contributed by atoms with Gasteiger partial charge in [-0.05, 0) is 25.1 Å². The third kappa shape index (κ3) is 4.99. The van der Waals surface area contributed by atoms with E-state index in [9.17, 15) is 13.2 Å². The maximum absolute atomic E-state index is 11.9. The first-order valence-electron chi connectivity index (χ1n) is 5.98. The molecule has 0 saturated heterocycles. The number of methoxy groups -OCH3 is 1. The number of nitrogens with one attached hydrogen (secondary N) is 2. The monoisotopic (exact) mass is 320 g/mol. The summed E-state index contributed by atoms with van der Waals surface area (Å²) in [5.74, 6) is 0.0318. The van der Waals surface area contributed by atoms with Gasteiger partial charge in [0.25, 0.3) is 5.91 Å². The normalized spacial score (nSPS) is 11.2. The molecule has 1 amide bonds. The number of sulfonamides is 1. The molecular formula is C12H17ClN2O4S. The molecule has 112 valence electrons. The van der Waals surface area contributed by atoms with E-state index in [0.717, 1.165) is 0 Å². The van der Waals surface area contributed by atoms with Gasteiger partial charge in [0.1, 0.15) is 5.75 Å². The van der Waals surface area contributed by atoms with Crippen molar-refractivity contribution in [3.8, 4) is 5.75 Å². The van der Waals surface area contributed by atoms with Crippen LogP contribution in [-0.2, 0) is 10.0 Å². The maximum Gasteiger partial charge on any atom is 0.255 e. The molecule has 0 fully saturated rings. The van der Waals surface area contributed by atoms with Crippen molar-refractivity contribution in [3.05, 3.63) is 28.8 Å². The van der Waals surface area contributed by atoms with Crippen LogP contribution in [0.15, 0.2) is 18.2 Å². The van der Waals surface area contributed by atoms with Crippen LogP contribution < -0.4 is 14.8 Å². The van der Waals surface area contributed by atoms with Gasteiger partial charge in [-0.25, -0.2) is 13.1 Å². The van der Waals surface area contributed by atoms with Gasteiger partial charge in [0.2, 0.25) is 10.0 Å². The van der Waals surface area contributed by atoms with Gasteiger partial charge < -0.3 is 10.1 Å². The van der Waals surface area contributed by atoms with Crippen LogP contribution >= 0.6 is 11.6 Å². The zero-order valence-corrected chi connectivity index (χ0v) is 12.8. The van der Waals surface area contributed by atoms with Gasteiger partial charge in [0.05, 0.1) is 18.4 Å². The highest BCUT2D eigenvalue weighted by Crippen LogP contribution is 2.22. The lowest BCUT2D eigenvalue weighted by atomic mass is 10.2. The fourth-order valence-corrected chi connectivity index (χ4v) is 2.23. The molecule has 0 heterocycles. The molecule has 8 heteroatoms. The van der Waals surface area contributed by atoms with Gasteiger partial charge in [-0.15, -0.1) is 0 Å². The van der Waals surface area contributed by atoms with Gasteiger partial charge in [0, 0.05) is 18.1 Å². The van der Waals surface area contributed by atoms with Crippen molar-refractivity contribution in [3.63, 3.8) is 0 Å². The van der Waals surface area contributed by atoms with Crippen molar-refractivity contribution in [2.24, 2.45) is 0 Å². The average Bonchev–Trinajstić information content (AvgIpc) is 2.43. The number of ether oxygens (including phenoxy) is 1. The van der Waals surface area contributed by atoms with E-state index in [1.54, 1.807) is 12.1 Å². The SMILES string of the molecule is CCS(=O)(=O)NCCNC(=O)c1cc(Cl)ccc1OC. The second-order valence-electron chi connectivity index (χ2n) is 3.90. The Bertz CT molecular complexity index is 575. The Morgan fingerprint density at radius 2 is 2.05 bits per heavy atom. The molecule has 0 aliphatic heterocycles. The molecule has 1 rings (SSSR count). The molecule has 1 aromatic rings. The minimum Gasteiger partial charge on any atom is -0.496 e. The van der Waals surface area contributed by atoms with E-state index in [4.69, 9.17) is 16.3 Å². The molecule has 0 atom stereocenters. The topological polar surface area (TPSA) is 84.5 Å². The molecule has 0 spiro atoms. The molecule has 0 bridgehead atoms. The highest BCUT2D eigenvalue weighted by Gasteiger charge is 2.12. The van der Waals surface area contributed by atoms with Crippen LogP contribution in [0.25, 0.3) is 0 Å². The molecule has 0 aliphatic carbocycles. The quantitative estimate of drug-likeness (QED) is 0.735. The minimum atomic E-state index is -3.25. The number of benzene rings is 1. The van der Waals surface area contributed by atoms with Crippen molar-refractivity contribution >= 4 is 27.5 Å². The Hall–Kier alpha value is -1.31. The highest BCUT2D eigenvalue weighted by atomic mass is 35.5. The van der Waals surface area contributed by atoms with Gasteiger partial charge >= 0.3 is 0 Å². The molecular weight excluding hydrogens is 304 g/mol. The first kappa shape index (κ1) is 16.7. The third-order valence-corrected chi connectivity index (χ3v) is 4.16. The number of amides is 1. The standard InChI is InChI=1S/C12H17ClN2O4S/c1-3-20(17,18)15-7-6-14-12(16)10-8-9(13)4-5-11(10)19-2/h4-5,8,15H,3,6-7H2,1-2H3,(H,14,16). The highest BCUT2D eigenvalue weighted by molar-refractivity contribution is 7.89. The van der Waals surface area contributed by atoms with E-state index in [0.29, 0.717) is 16.3 Å². The second-order valence-corrected chi connectivity index (χ2v) is 6.43. The molecule has 0 aromatic heterocycles. The second kappa shape index (κ2) is 7.47. The summed E-state index contributed by atoms with van der Waals surface area (Å²) >= 11 is 5.83. The van der Waals surface area contributed by atoms with Gasteiger partial charge in [0.15, 0.2) is 0 Å². The number of hydrogen-bond acceptors (Lipinski definition) is 4. The molecule has 0 saturated carbocycles. The number of rotatable bonds is 7. The Morgan fingerprint density at radius 3 is 2.65 bits per heavy atom. The molecule has 0 aliphatic rings. The van der Waals surface area contributed by atoms with Crippen LogP contribution in [0.4, 0.5) is 0 Å². The summed E-state index contributed by atoms with van der Waals surface area (Å²) in [5.41, 5.74) is 0.304. The first-order valence-corrected chi connectivity index (χ1v) is 8.01. The summed E-state index contributed by atoms with van der Waals surface area (Å²) in [6.45, 7) is 1.84.